The molecule has 2 heteroatoms. The van der Waals surface area contributed by atoms with Gasteiger partial charge in [0.25, 0.3) is 0 Å². The summed E-state index contributed by atoms with van der Waals surface area (Å²) in [5.74, 6) is 1.90. The molecule has 1 aromatic carbocycles. The first-order chi connectivity index (χ1) is 7.49. The summed E-state index contributed by atoms with van der Waals surface area (Å²) in [7, 11) is 0. The van der Waals surface area contributed by atoms with Crippen LogP contribution in [0, 0.1) is 5.92 Å². The van der Waals surface area contributed by atoms with Crippen LogP contribution in [-0.4, -0.2) is 11.8 Å². The van der Waals surface area contributed by atoms with Crippen molar-refractivity contribution >= 4 is 23.2 Å². The fourth-order valence-corrected chi connectivity index (χ4v) is 1.89. The van der Waals surface area contributed by atoms with E-state index in [1.54, 1.807) is 0 Å². The summed E-state index contributed by atoms with van der Waals surface area (Å²) in [4.78, 5) is 0. The van der Waals surface area contributed by atoms with Gasteiger partial charge in [0.1, 0.15) is 0 Å². The second-order valence-electron chi connectivity index (χ2n) is 5.18. The fourth-order valence-electron chi connectivity index (χ4n) is 1.63. The van der Waals surface area contributed by atoms with Crippen molar-refractivity contribution in [1.29, 1.82) is 0 Å². The third kappa shape index (κ3) is 3.68. The van der Waals surface area contributed by atoms with Gasteiger partial charge >= 0.3 is 0 Å². The molecule has 0 heterocycles. The zero-order valence-electron chi connectivity index (χ0n) is 10.3. The maximum Gasteiger partial charge on any atom is 0.0315 e. The maximum atomic E-state index is 5.96. The summed E-state index contributed by atoms with van der Waals surface area (Å²) in [6.07, 6.45) is 1.05. The molecule has 1 rings (SSSR count). The molecule has 0 aliphatic rings. The molecule has 1 aromatic rings. The Bertz CT molecular complexity index is 314. The normalized spacial score (nSPS) is 13.8. The topological polar surface area (TPSA) is 0 Å². The molecule has 0 N–H and O–H groups in total. The van der Waals surface area contributed by atoms with Crippen molar-refractivity contribution in [1.82, 2.24) is 0 Å². The molecule has 0 fully saturated rings. The Labute approximate surface area is 109 Å². The van der Waals surface area contributed by atoms with Crippen molar-refractivity contribution in [3.8, 4) is 0 Å². The van der Waals surface area contributed by atoms with Crippen molar-refractivity contribution in [3.05, 3.63) is 35.4 Å². The highest BCUT2D eigenvalue weighted by Crippen LogP contribution is 2.25. The van der Waals surface area contributed by atoms with E-state index < -0.39 is 0 Å². The molecule has 16 heavy (non-hydrogen) atoms. The van der Waals surface area contributed by atoms with Gasteiger partial charge in [0, 0.05) is 17.2 Å². The molecule has 0 nitrogen and oxygen atoms in total. The summed E-state index contributed by atoms with van der Waals surface area (Å²) in [6, 6.07) is 8.73. The monoisotopic (exact) mass is 258 g/mol. The van der Waals surface area contributed by atoms with Gasteiger partial charge in [-0.1, -0.05) is 45.0 Å². The lowest BCUT2D eigenvalue weighted by molar-refractivity contribution is 0.596. The van der Waals surface area contributed by atoms with E-state index in [1.807, 2.05) is 0 Å². The quantitative estimate of drug-likeness (QED) is 0.677. The number of halogens is 2. The molecular formula is C14H20Cl2. The van der Waals surface area contributed by atoms with Gasteiger partial charge < -0.3 is 0 Å². The maximum absolute atomic E-state index is 5.96. The fraction of sp³-hybridized carbons (Fsp3) is 0.571. The molecule has 90 valence electrons. The molecule has 0 saturated carbocycles. The Morgan fingerprint density at radius 1 is 1.12 bits per heavy atom. The minimum Gasteiger partial charge on any atom is -0.126 e. The number of hydrogen-bond donors (Lipinski definition) is 0. The van der Waals surface area contributed by atoms with Gasteiger partial charge in [0.2, 0.25) is 0 Å². The van der Waals surface area contributed by atoms with Gasteiger partial charge in [-0.05, 0) is 23.5 Å². The highest BCUT2D eigenvalue weighted by molar-refractivity contribution is 6.18. The van der Waals surface area contributed by atoms with Crippen LogP contribution in [0.5, 0.6) is 0 Å². The second kappa shape index (κ2) is 5.93. The van der Waals surface area contributed by atoms with E-state index in [4.69, 9.17) is 23.2 Å². The predicted octanol–water partition coefficient (Wildman–Crippen LogP) is 4.62. The molecule has 0 radical (unpaired) electrons. The van der Waals surface area contributed by atoms with Gasteiger partial charge in [-0.25, -0.2) is 0 Å². The Balaban J connectivity index is 2.75. The molecule has 0 bridgehead atoms. The molecule has 0 aromatic heterocycles. The van der Waals surface area contributed by atoms with Gasteiger partial charge in [-0.15, -0.1) is 23.2 Å². The average Bonchev–Trinajstić information content (AvgIpc) is 2.29. The smallest absolute Gasteiger partial charge is 0.0315 e. The lowest BCUT2D eigenvalue weighted by Gasteiger charge is -2.22. The molecule has 0 saturated heterocycles. The van der Waals surface area contributed by atoms with Crippen LogP contribution in [0.2, 0.25) is 0 Å². The van der Waals surface area contributed by atoms with Crippen LogP contribution in [-0.2, 0) is 11.8 Å². The summed E-state index contributed by atoms with van der Waals surface area (Å²) < 4.78 is 0. The third-order valence-electron chi connectivity index (χ3n) is 2.92. The minimum absolute atomic E-state index is 0.0538. The van der Waals surface area contributed by atoms with Crippen LogP contribution in [0.3, 0.4) is 0 Å². The first-order valence-electron chi connectivity index (χ1n) is 5.71. The van der Waals surface area contributed by atoms with Gasteiger partial charge in [0.05, 0.1) is 0 Å². The summed E-state index contributed by atoms with van der Waals surface area (Å²) in [6.45, 7) is 6.50. The van der Waals surface area contributed by atoms with Gasteiger partial charge in [-0.3, -0.25) is 0 Å². The largest absolute Gasteiger partial charge is 0.126 e. The Kier molecular flexibility index (Phi) is 5.14. The van der Waals surface area contributed by atoms with E-state index in [9.17, 15) is 0 Å². The molecule has 0 aliphatic heterocycles. The van der Waals surface area contributed by atoms with E-state index >= 15 is 0 Å². The number of alkyl halides is 2. The van der Waals surface area contributed by atoms with E-state index in [1.165, 1.54) is 11.1 Å². The van der Waals surface area contributed by atoms with Gasteiger partial charge in [-0.2, -0.15) is 0 Å². The molecule has 0 spiro atoms. The zero-order valence-corrected chi connectivity index (χ0v) is 11.8. The van der Waals surface area contributed by atoms with Crippen LogP contribution < -0.4 is 0 Å². The van der Waals surface area contributed by atoms with Crippen LogP contribution in [0.25, 0.3) is 0 Å². The van der Waals surface area contributed by atoms with E-state index in [-0.39, 0.29) is 5.41 Å². The van der Waals surface area contributed by atoms with E-state index in [2.05, 4.69) is 45.0 Å². The number of hydrogen-bond acceptors (Lipinski definition) is 0. The van der Waals surface area contributed by atoms with Gasteiger partial charge in [0.15, 0.2) is 0 Å². The number of benzene rings is 1. The summed E-state index contributed by atoms with van der Waals surface area (Å²) in [5, 5.41) is 0. The molecule has 1 unspecified atom stereocenters. The highest BCUT2D eigenvalue weighted by atomic mass is 35.5. The van der Waals surface area contributed by atoms with Crippen LogP contribution >= 0.6 is 23.2 Å². The molecule has 1 atom stereocenters. The summed E-state index contributed by atoms with van der Waals surface area (Å²) in [5.41, 5.74) is 2.70. The van der Waals surface area contributed by atoms with Crippen LogP contribution in [0.1, 0.15) is 31.9 Å². The lowest BCUT2D eigenvalue weighted by atomic mass is 9.86. The lowest BCUT2D eigenvalue weighted by Crippen LogP contribution is -2.18. The van der Waals surface area contributed by atoms with Crippen molar-refractivity contribution in [2.75, 3.05) is 11.8 Å². The van der Waals surface area contributed by atoms with Crippen molar-refractivity contribution in [2.24, 2.45) is 5.92 Å². The Hall–Kier alpha value is -0.200. The third-order valence-corrected chi connectivity index (χ3v) is 4.11. The van der Waals surface area contributed by atoms with Crippen molar-refractivity contribution in [2.45, 2.75) is 32.6 Å². The SMILES string of the molecule is CC(CCl)Cc1ccc(C(C)(C)CCl)cc1. The standard InChI is InChI=1S/C14H20Cl2/c1-11(9-15)8-12-4-6-13(7-5-12)14(2,3)10-16/h4-7,11H,8-10H2,1-3H3. The van der Waals surface area contributed by atoms with E-state index in [0.29, 0.717) is 11.8 Å². The minimum atomic E-state index is 0.0538. The molecular weight excluding hydrogens is 239 g/mol. The van der Waals surface area contributed by atoms with Crippen LogP contribution in [0.4, 0.5) is 0 Å². The Morgan fingerprint density at radius 2 is 1.69 bits per heavy atom. The Morgan fingerprint density at radius 3 is 2.12 bits per heavy atom. The highest BCUT2D eigenvalue weighted by Gasteiger charge is 2.18. The second-order valence-corrected chi connectivity index (χ2v) is 5.75. The first kappa shape index (κ1) is 13.9. The summed E-state index contributed by atoms with van der Waals surface area (Å²) >= 11 is 11.8. The molecule has 0 aliphatic carbocycles. The number of rotatable bonds is 5. The average molecular weight is 259 g/mol. The zero-order chi connectivity index (χ0) is 12.2. The van der Waals surface area contributed by atoms with E-state index in [0.717, 1.165) is 12.3 Å². The van der Waals surface area contributed by atoms with Crippen molar-refractivity contribution in [3.63, 3.8) is 0 Å². The van der Waals surface area contributed by atoms with Crippen molar-refractivity contribution < 1.29 is 0 Å². The first-order valence-corrected chi connectivity index (χ1v) is 6.78. The molecule has 0 amide bonds. The predicted molar refractivity (Wildman–Crippen MR) is 73.8 cm³/mol. The van der Waals surface area contributed by atoms with Crippen LogP contribution in [0.15, 0.2) is 24.3 Å².